The van der Waals surface area contributed by atoms with Crippen molar-refractivity contribution in [1.82, 2.24) is 5.06 Å². The fourth-order valence-electron chi connectivity index (χ4n) is 2.11. The molecule has 2 aromatic rings. The number of carbonyl (C=O) groups is 3. The second-order valence-corrected chi connectivity index (χ2v) is 4.52. The summed E-state index contributed by atoms with van der Waals surface area (Å²) < 4.78 is 0. The van der Waals surface area contributed by atoms with Crippen molar-refractivity contribution < 1.29 is 19.2 Å². The number of amides is 2. The number of carbonyl (C=O) groups excluding carboxylic acids is 3. The zero-order valence-corrected chi connectivity index (χ0v) is 10.5. The third kappa shape index (κ3) is 2.14. The smallest absolute Gasteiger partial charge is 0.325 e. The van der Waals surface area contributed by atoms with Crippen LogP contribution in [-0.4, -0.2) is 22.8 Å². The minimum absolute atomic E-state index is 0.0871. The summed E-state index contributed by atoms with van der Waals surface area (Å²) in [5, 5.41) is 2.44. The molecule has 100 valence electrons. The Morgan fingerprint density at radius 1 is 0.950 bits per heavy atom. The molecule has 1 fully saturated rings. The molecule has 0 aromatic heterocycles. The van der Waals surface area contributed by atoms with E-state index in [1.54, 1.807) is 18.2 Å². The molecule has 0 N–H and O–H groups in total. The van der Waals surface area contributed by atoms with E-state index in [1.165, 1.54) is 0 Å². The van der Waals surface area contributed by atoms with Gasteiger partial charge in [-0.1, -0.05) is 30.3 Å². The van der Waals surface area contributed by atoms with Gasteiger partial charge in [0.2, 0.25) is 0 Å². The quantitative estimate of drug-likeness (QED) is 0.783. The maximum absolute atomic E-state index is 12.0. The van der Waals surface area contributed by atoms with Gasteiger partial charge in [-0.25, -0.2) is 4.79 Å². The molecule has 1 heterocycles. The van der Waals surface area contributed by atoms with E-state index in [9.17, 15) is 14.4 Å². The normalized spacial score (nSPS) is 14.9. The summed E-state index contributed by atoms with van der Waals surface area (Å²) in [7, 11) is 0. The summed E-state index contributed by atoms with van der Waals surface area (Å²) in [6.07, 6.45) is 0.174. The molecule has 0 saturated carbocycles. The second-order valence-electron chi connectivity index (χ2n) is 4.52. The summed E-state index contributed by atoms with van der Waals surface area (Å²) in [6, 6.07) is 12.6. The number of rotatable bonds is 2. The molecule has 1 aliphatic rings. The molecule has 2 aromatic carbocycles. The third-order valence-corrected chi connectivity index (χ3v) is 3.17. The Kier molecular flexibility index (Phi) is 2.95. The highest BCUT2D eigenvalue weighted by Gasteiger charge is 2.33. The lowest BCUT2D eigenvalue weighted by molar-refractivity contribution is -0.172. The van der Waals surface area contributed by atoms with Crippen LogP contribution < -0.4 is 0 Å². The molecule has 20 heavy (non-hydrogen) atoms. The first kappa shape index (κ1) is 12.3. The highest BCUT2D eigenvalue weighted by molar-refractivity contribution is 6.03. The van der Waals surface area contributed by atoms with E-state index in [4.69, 9.17) is 4.84 Å². The molecule has 1 saturated heterocycles. The number of hydroxylamine groups is 2. The first-order chi connectivity index (χ1) is 9.65. The third-order valence-electron chi connectivity index (χ3n) is 3.17. The van der Waals surface area contributed by atoms with Crippen LogP contribution in [0.5, 0.6) is 0 Å². The Labute approximate surface area is 114 Å². The zero-order chi connectivity index (χ0) is 14.1. The zero-order valence-electron chi connectivity index (χ0n) is 10.5. The summed E-state index contributed by atoms with van der Waals surface area (Å²) in [4.78, 5) is 39.6. The average Bonchev–Trinajstić information content (AvgIpc) is 2.78. The molecule has 0 spiro atoms. The highest BCUT2D eigenvalue weighted by atomic mass is 16.7. The van der Waals surface area contributed by atoms with Gasteiger partial charge in [0.1, 0.15) is 0 Å². The van der Waals surface area contributed by atoms with Crippen LogP contribution in [0.4, 0.5) is 0 Å². The molecule has 1 aliphatic heterocycles. The van der Waals surface area contributed by atoms with Crippen molar-refractivity contribution in [2.24, 2.45) is 0 Å². The van der Waals surface area contributed by atoms with E-state index >= 15 is 0 Å². The van der Waals surface area contributed by atoms with Crippen LogP contribution in [0.2, 0.25) is 0 Å². The van der Waals surface area contributed by atoms with Crippen molar-refractivity contribution >= 4 is 28.6 Å². The molecule has 0 aliphatic carbocycles. The SMILES string of the molecule is O=C(ON1C(=O)CCC1=O)c1ccc2ccccc2c1. The highest BCUT2D eigenvalue weighted by Crippen LogP contribution is 2.18. The maximum Gasteiger partial charge on any atom is 0.363 e. The van der Waals surface area contributed by atoms with Crippen LogP contribution in [0.1, 0.15) is 23.2 Å². The van der Waals surface area contributed by atoms with Crippen LogP contribution in [-0.2, 0) is 14.4 Å². The lowest BCUT2D eigenvalue weighted by atomic mass is 10.1. The van der Waals surface area contributed by atoms with Gasteiger partial charge >= 0.3 is 5.97 Å². The van der Waals surface area contributed by atoms with Gasteiger partial charge in [0.25, 0.3) is 11.8 Å². The van der Waals surface area contributed by atoms with Crippen LogP contribution in [0.3, 0.4) is 0 Å². The van der Waals surface area contributed by atoms with Crippen molar-refractivity contribution in [2.75, 3.05) is 0 Å². The minimum Gasteiger partial charge on any atom is -0.325 e. The van der Waals surface area contributed by atoms with Gasteiger partial charge in [-0.15, -0.1) is 5.06 Å². The van der Waals surface area contributed by atoms with Gasteiger partial charge in [-0.2, -0.15) is 0 Å². The van der Waals surface area contributed by atoms with Crippen molar-refractivity contribution in [1.29, 1.82) is 0 Å². The Morgan fingerprint density at radius 2 is 1.60 bits per heavy atom. The van der Waals surface area contributed by atoms with Crippen LogP contribution >= 0.6 is 0 Å². The van der Waals surface area contributed by atoms with Crippen molar-refractivity contribution in [2.45, 2.75) is 12.8 Å². The number of benzene rings is 2. The molecule has 0 radical (unpaired) electrons. The Hall–Kier alpha value is -2.69. The van der Waals surface area contributed by atoms with Crippen molar-refractivity contribution in [3.05, 3.63) is 48.0 Å². The van der Waals surface area contributed by atoms with E-state index in [1.807, 2.05) is 24.3 Å². The molecule has 0 atom stereocenters. The van der Waals surface area contributed by atoms with E-state index in [2.05, 4.69) is 0 Å². The predicted octanol–water partition coefficient (Wildman–Crippen LogP) is 2.06. The molecular formula is C15H11NO4. The van der Waals surface area contributed by atoms with E-state index in [0.717, 1.165) is 10.8 Å². The van der Waals surface area contributed by atoms with Gasteiger partial charge in [0.05, 0.1) is 5.56 Å². The molecule has 3 rings (SSSR count). The van der Waals surface area contributed by atoms with Gasteiger partial charge in [-0.3, -0.25) is 9.59 Å². The standard InChI is InChI=1S/C15H11NO4/c17-13-7-8-14(18)16(13)20-15(19)12-6-5-10-3-1-2-4-11(10)9-12/h1-6,9H,7-8H2. The molecule has 0 unspecified atom stereocenters. The van der Waals surface area contributed by atoms with E-state index in [-0.39, 0.29) is 12.8 Å². The average molecular weight is 269 g/mol. The molecule has 5 nitrogen and oxygen atoms in total. The van der Waals surface area contributed by atoms with E-state index in [0.29, 0.717) is 10.6 Å². The van der Waals surface area contributed by atoms with Gasteiger partial charge in [-0.05, 0) is 22.9 Å². The Balaban J connectivity index is 1.85. The number of hydrogen-bond acceptors (Lipinski definition) is 4. The summed E-state index contributed by atoms with van der Waals surface area (Å²) in [5.74, 6) is -1.67. The first-order valence-corrected chi connectivity index (χ1v) is 6.22. The lowest BCUT2D eigenvalue weighted by Crippen LogP contribution is -2.32. The lowest BCUT2D eigenvalue weighted by Gasteiger charge is -2.12. The van der Waals surface area contributed by atoms with E-state index < -0.39 is 17.8 Å². The Bertz CT molecular complexity index is 707. The fraction of sp³-hybridized carbons (Fsp3) is 0.133. The molecule has 5 heteroatoms. The minimum atomic E-state index is -0.709. The van der Waals surface area contributed by atoms with Gasteiger partial charge in [0, 0.05) is 12.8 Å². The maximum atomic E-state index is 12.0. The monoisotopic (exact) mass is 269 g/mol. The number of hydrogen-bond donors (Lipinski definition) is 0. The number of imide groups is 1. The second kappa shape index (κ2) is 4.77. The summed E-state index contributed by atoms with van der Waals surface area (Å²) in [6.45, 7) is 0. The summed E-state index contributed by atoms with van der Waals surface area (Å²) >= 11 is 0. The Morgan fingerprint density at radius 3 is 2.30 bits per heavy atom. The van der Waals surface area contributed by atoms with Crippen LogP contribution in [0.25, 0.3) is 10.8 Å². The van der Waals surface area contributed by atoms with Gasteiger partial charge in [0.15, 0.2) is 0 Å². The first-order valence-electron chi connectivity index (χ1n) is 6.22. The molecule has 0 bridgehead atoms. The predicted molar refractivity (Wildman–Crippen MR) is 70.5 cm³/mol. The van der Waals surface area contributed by atoms with Gasteiger partial charge < -0.3 is 4.84 Å². The number of nitrogens with zero attached hydrogens (tertiary/aromatic N) is 1. The van der Waals surface area contributed by atoms with Crippen molar-refractivity contribution in [3.63, 3.8) is 0 Å². The van der Waals surface area contributed by atoms with Crippen LogP contribution in [0.15, 0.2) is 42.5 Å². The molecular weight excluding hydrogens is 258 g/mol. The largest absolute Gasteiger partial charge is 0.363 e. The fourth-order valence-corrected chi connectivity index (χ4v) is 2.11. The van der Waals surface area contributed by atoms with Crippen molar-refractivity contribution in [3.8, 4) is 0 Å². The van der Waals surface area contributed by atoms with Crippen LogP contribution in [0, 0.1) is 0 Å². The topological polar surface area (TPSA) is 63.7 Å². The summed E-state index contributed by atoms with van der Waals surface area (Å²) in [5.41, 5.74) is 0.302. The number of fused-ring (bicyclic) bond motifs is 1. The molecule has 2 amide bonds.